The number of aryl methyl sites for hydroxylation is 1. The summed E-state index contributed by atoms with van der Waals surface area (Å²) in [5.41, 5.74) is 2.36. The lowest BCUT2D eigenvalue weighted by molar-refractivity contribution is 0.0389. The average Bonchev–Trinajstić information content (AvgIpc) is 2.64. The Hall–Kier alpha value is -1.79. The SMILES string of the molecule is CCCOc1cc(C)ccc1CNC(=NC)NCCN1CCOCC1. The second-order valence-corrected chi connectivity index (χ2v) is 6.27. The van der Waals surface area contributed by atoms with Crippen LogP contribution in [-0.4, -0.2) is 63.9 Å². The topological polar surface area (TPSA) is 58.1 Å². The molecule has 25 heavy (non-hydrogen) atoms. The highest BCUT2D eigenvalue weighted by Crippen LogP contribution is 2.20. The molecule has 0 radical (unpaired) electrons. The van der Waals surface area contributed by atoms with Crippen molar-refractivity contribution in [3.8, 4) is 5.75 Å². The number of benzene rings is 1. The van der Waals surface area contributed by atoms with E-state index in [0.29, 0.717) is 6.54 Å². The maximum absolute atomic E-state index is 5.87. The van der Waals surface area contributed by atoms with Crippen LogP contribution >= 0.6 is 0 Å². The second-order valence-electron chi connectivity index (χ2n) is 6.27. The summed E-state index contributed by atoms with van der Waals surface area (Å²) in [5, 5.41) is 6.75. The van der Waals surface area contributed by atoms with Crippen molar-refractivity contribution < 1.29 is 9.47 Å². The molecule has 0 unspecified atom stereocenters. The van der Waals surface area contributed by atoms with Gasteiger partial charge in [-0.25, -0.2) is 0 Å². The van der Waals surface area contributed by atoms with Crippen molar-refractivity contribution >= 4 is 5.96 Å². The monoisotopic (exact) mass is 348 g/mol. The fraction of sp³-hybridized carbons (Fsp3) is 0.632. The van der Waals surface area contributed by atoms with Crippen molar-refractivity contribution in [2.45, 2.75) is 26.8 Å². The molecule has 0 amide bonds. The van der Waals surface area contributed by atoms with Crippen molar-refractivity contribution in [2.24, 2.45) is 4.99 Å². The molecule has 1 aromatic rings. The van der Waals surface area contributed by atoms with E-state index in [1.165, 1.54) is 5.56 Å². The Morgan fingerprint density at radius 2 is 2.08 bits per heavy atom. The first kappa shape index (κ1) is 19.5. The molecule has 1 aliphatic rings. The quantitative estimate of drug-likeness (QED) is 0.554. The molecule has 1 fully saturated rings. The number of ether oxygens (including phenoxy) is 2. The summed E-state index contributed by atoms with van der Waals surface area (Å²) in [6, 6.07) is 6.33. The summed E-state index contributed by atoms with van der Waals surface area (Å²) in [6.07, 6.45) is 1.01. The van der Waals surface area contributed by atoms with Gasteiger partial charge in [0.25, 0.3) is 0 Å². The summed E-state index contributed by atoms with van der Waals surface area (Å²) < 4.78 is 11.2. The van der Waals surface area contributed by atoms with E-state index >= 15 is 0 Å². The Morgan fingerprint density at radius 1 is 1.28 bits per heavy atom. The van der Waals surface area contributed by atoms with Gasteiger partial charge in [0.2, 0.25) is 0 Å². The molecule has 1 heterocycles. The molecule has 0 spiro atoms. The molecule has 140 valence electrons. The lowest BCUT2D eigenvalue weighted by atomic mass is 10.1. The van der Waals surface area contributed by atoms with E-state index in [4.69, 9.17) is 9.47 Å². The number of guanidine groups is 1. The Balaban J connectivity index is 1.79. The summed E-state index contributed by atoms with van der Waals surface area (Å²) in [4.78, 5) is 6.71. The summed E-state index contributed by atoms with van der Waals surface area (Å²) in [7, 11) is 1.80. The highest BCUT2D eigenvalue weighted by Gasteiger charge is 2.10. The number of rotatable bonds is 8. The third kappa shape index (κ3) is 6.92. The highest BCUT2D eigenvalue weighted by atomic mass is 16.5. The van der Waals surface area contributed by atoms with Crippen molar-refractivity contribution in [3.63, 3.8) is 0 Å². The smallest absolute Gasteiger partial charge is 0.191 e. The number of nitrogens with zero attached hydrogens (tertiary/aromatic N) is 2. The van der Waals surface area contributed by atoms with Crippen molar-refractivity contribution in [2.75, 3.05) is 53.0 Å². The van der Waals surface area contributed by atoms with Gasteiger partial charge in [0.1, 0.15) is 5.75 Å². The lowest BCUT2D eigenvalue weighted by Crippen LogP contribution is -2.44. The third-order valence-corrected chi connectivity index (χ3v) is 4.18. The largest absolute Gasteiger partial charge is 0.493 e. The van der Waals surface area contributed by atoms with E-state index in [2.05, 4.69) is 52.6 Å². The molecule has 6 nitrogen and oxygen atoms in total. The summed E-state index contributed by atoms with van der Waals surface area (Å²) in [5.74, 6) is 1.77. The predicted octanol–water partition coefficient (Wildman–Crippen LogP) is 1.78. The molecule has 0 aliphatic carbocycles. The van der Waals surface area contributed by atoms with E-state index in [1.54, 1.807) is 7.05 Å². The number of aliphatic imine (C=N–C) groups is 1. The van der Waals surface area contributed by atoms with Crippen LogP contribution in [0.15, 0.2) is 23.2 Å². The fourth-order valence-corrected chi connectivity index (χ4v) is 2.71. The zero-order valence-electron chi connectivity index (χ0n) is 15.8. The van der Waals surface area contributed by atoms with E-state index < -0.39 is 0 Å². The molecule has 0 atom stereocenters. The van der Waals surface area contributed by atoms with Crippen LogP contribution in [0.1, 0.15) is 24.5 Å². The number of morpholine rings is 1. The minimum Gasteiger partial charge on any atom is -0.493 e. The first-order valence-corrected chi connectivity index (χ1v) is 9.20. The molecule has 1 aliphatic heterocycles. The molecule has 2 rings (SSSR count). The van der Waals surface area contributed by atoms with Gasteiger partial charge in [-0.3, -0.25) is 9.89 Å². The number of nitrogens with one attached hydrogen (secondary N) is 2. The molecule has 0 aromatic heterocycles. The van der Waals surface area contributed by atoms with E-state index in [-0.39, 0.29) is 0 Å². The van der Waals surface area contributed by atoms with Gasteiger partial charge >= 0.3 is 0 Å². The molecule has 1 saturated heterocycles. The van der Waals surface area contributed by atoms with Crippen molar-refractivity contribution in [1.82, 2.24) is 15.5 Å². The van der Waals surface area contributed by atoms with Gasteiger partial charge in [-0.2, -0.15) is 0 Å². The van der Waals surface area contributed by atoms with Crippen LogP contribution in [0.3, 0.4) is 0 Å². The minimum atomic E-state index is 0.691. The van der Waals surface area contributed by atoms with Gasteiger partial charge in [-0.1, -0.05) is 19.1 Å². The van der Waals surface area contributed by atoms with Crippen molar-refractivity contribution in [1.29, 1.82) is 0 Å². The van der Waals surface area contributed by atoms with Gasteiger partial charge in [0.15, 0.2) is 5.96 Å². The van der Waals surface area contributed by atoms with Crippen LogP contribution in [0.2, 0.25) is 0 Å². The van der Waals surface area contributed by atoms with E-state index in [0.717, 1.165) is 69.7 Å². The summed E-state index contributed by atoms with van der Waals surface area (Å²) >= 11 is 0. The van der Waals surface area contributed by atoms with Crippen LogP contribution in [0.25, 0.3) is 0 Å². The first-order valence-electron chi connectivity index (χ1n) is 9.20. The fourth-order valence-electron chi connectivity index (χ4n) is 2.71. The Morgan fingerprint density at radius 3 is 2.80 bits per heavy atom. The minimum absolute atomic E-state index is 0.691. The number of hydrogen-bond donors (Lipinski definition) is 2. The van der Waals surface area contributed by atoms with Crippen molar-refractivity contribution in [3.05, 3.63) is 29.3 Å². The Kier molecular flexibility index (Phi) is 8.55. The first-order chi connectivity index (χ1) is 12.2. The molecular weight excluding hydrogens is 316 g/mol. The van der Waals surface area contributed by atoms with Crippen LogP contribution in [-0.2, 0) is 11.3 Å². The highest BCUT2D eigenvalue weighted by molar-refractivity contribution is 5.79. The predicted molar refractivity (Wildman–Crippen MR) is 102 cm³/mol. The maximum atomic E-state index is 5.87. The van der Waals surface area contributed by atoms with Gasteiger partial charge in [-0.05, 0) is 25.0 Å². The average molecular weight is 348 g/mol. The number of hydrogen-bond acceptors (Lipinski definition) is 4. The second kappa shape index (κ2) is 10.9. The maximum Gasteiger partial charge on any atom is 0.191 e. The third-order valence-electron chi connectivity index (χ3n) is 4.18. The van der Waals surface area contributed by atoms with Crippen LogP contribution in [0.5, 0.6) is 5.75 Å². The van der Waals surface area contributed by atoms with Crippen LogP contribution in [0, 0.1) is 6.92 Å². The zero-order valence-corrected chi connectivity index (χ0v) is 15.8. The van der Waals surface area contributed by atoms with Gasteiger partial charge in [0.05, 0.1) is 19.8 Å². The molecule has 1 aromatic carbocycles. The standard InChI is InChI=1S/C19H32N4O2/c1-4-11-25-18-14-16(2)5-6-17(18)15-22-19(20-3)21-7-8-23-9-12-24-13-10-23/h5-6,14H,4,7-13,15H2,1-3H3,(H2,20,21,22). The molecule has 0 saturated carbocycles. The Bertz CT molecular complexity index is 542. The molecule has 2 N–H and O–H groups in total. The molecule has 0 bridgehead atoms. The zero-order chi connectivity index (χ0) is 17.9. The Labute approximate surface area is 151 Å². The lowest BCUT2D eigenvalue weighted by Gasteiger charge is -2.26. The van der Waals surface area contributed by atoms with Gasteiger partial charge in [-0.15, -0.1) is 0 Å². The molecule has 6 heteroatoms. The normalized spacial score (nSPS) is 15.9. The van der Waals surface area contributed by atoms with E-state index in [1.807, 2.05) is 0 Å². The molecular formula is C19H32N4O2. The van der Waals surface area contributed by atoms with Crippen LogP contribution < -0.4 is 15.4 Å². The van der Waals surface area contributed by atoms with E-state index in [9.17, 15) is 0 Å². The van der Waals surface area contributed by atoms with Gasteiger partial charge in [0, 0.05) is 45.3 Å². The summed E-state index contributed by atoms with van der Waals surface area (Å²) in [6.45, 7) is 11.2. The van der Waals surface area contributed by atoms with Crippen LogP contribution in [0.4, 0.5) is 0 Å². The van der Waals surface area contributed by atoms with Gasteiger partial charge < -0.3 is 20.1 Å².